The van der Waals surface area contributed by atoms with Crippen molar-refractivity contribution in [2.75, 3.05) is 10.8 Å². The van der Waals surface area contributed by atoms with E-state index in [2.05, 4.69) is 6.58 Å². The molecule has 2 aromatic rings. The van der Waals surface area contributed by atoms with Crippen LogP contribution >= 0.6 is 0 Å². The van der Waals surface area contributed by atoms with Gasteiger partial charge in [-0.1, -0.05) is 35.9 Å². The van der Waals surface area contributed by atoms with E-state index in [1.54, 1.807) is 18.2 Å². The molecule has 0 unspecified atom stereocenters. The van der Waals surface area contributed by atoms with Gasteiger partial charge in [-0.15, -0.1) is 6.58 Å². The Labute approximate surface area is 133 Å². The fraction of sp³-hybridized carbons (Fsp3) is 0.222. The molecule has 0 saturated heterocycles. The molecule has 116 valence electrons. The molecule has 2 aromatic carbocycles. The number of aryl methyl sites for hydroxylation is 3. The van der Waals surface area contributed by atoms with E-state index in [1.165, 1.54) is 4.31 Å². The molecule has 0 spiro atoms. The van der Waals surface area contributed by atoms with E-state index in [1.807, 2.05) is 51.1 Å². The summed E-state index contributed by atoms with van der Waals surface area (Å²) in [5.74, 6) is 0. The Bertz CT molecular complexity index is 777. The minimum absolute atomic E-state index is 0.237. The molecule has 4 heteroatoms. The molecule has 0 saturated carbocycles. The molecular weight excluding hydrogens is 294 g/mol. The third kappa shape index (κ3) is 3.22. The van der Waals surface area contributed by atoms with Crippen LogP contribution in [0, 0.1) is 20.8 Å². The van der Waals surface area contributed by atoms with Crippen LogP contribution in [0.15, 0.2) is 60.0 Å². The van der Waals surface area contributed by atoms with Gasteiger partial charge in [-0.05, 0) is 50.1 Å². The molecule has 0 amide bonds. The fourth-order valence-electron chi connectivity index (χ4n) is 2.27. The van der Waals surface area contributed by atoms with Gasteiger partial charge in [0.2, 0.25) is 0 Å². The second kappa shape index (κ2) is 6.36. The zero-order valence-corrected chi connectivity index (χ0v) is 14.0. The first-order valence-corrected chi connectivity index (χ1v) is 8.58. The van der Waals surface area contributed by atoms with Crippen molar-refractivity contribution in [2.45, 2.75) is 25.7 Å². The third-order valence-corrected chi connectivity index (χ3v) is 5.33. The van der Waals surface area contributed by atoms with Gasteiger partial charge in [0.25, 0.3) is 10.0 Å². The predicted molar refractivity (Wildman–Crippen MR) is 91.8 cm³/mol. The lowest BCUT2D eigenvalue weighted by Gasteiger charge is -2.25. The molecule has 0 aliphatic carbocycles. The van der Waals surface area contributed by atoms with Gasteiger partial charge in [-0.3, -0.25) is 4.31 Å². The van der Waals surface area contributed by atoms with Crippen LogP contribution in [0.4, 0.5) is 5.69 Å². The molecule has 0 atom stereocenters. The van der Waals surface area contributed by atoms with Gasteiger partial charge in [-0.2, -0.15) is 0 Å². The van der Waals surface area contributed by atoms with Gasteiger partial charge in [0.15, 0.2) is 0 Å². The van der Waals surface area contributed by atoms with Crippen LogP contribution in [0.25, 0.3) is 0 Å². The number of rotatable bonds is 5. The Balaban J connectivity index is 2.57. The lowest BCUT2D eigenvalue weighted by atomic mass is 10.1. The number of sulfonamides is 1. The standard InChI is InChI=1S/C18H21NO2S/c1-5-12-19(18-13-15(3)6-9-16(18)4)22(20,21)17-10-7-14(2)8-11-17/h5-11,13H,1,12H2,2-4H3. The lowest BCUT2D eigenvalue weighted by Crippen LogP contribution is -2.31. The van der Waals surface area contributed by atoms with Crippen molar-refractivity contribution >= 4 is 15.7 Å². The Kier molecular flexibility index (Phi) is 4.71. The summed E-state index contributed by atoms with van der Waals surface area (Å²) >= 11 is 0. The molecule has 0 aliphatic heterocycles. The van der Waals surface area contributed by atoms with E-state index in [9.17, 15) is 8.42 Å². The summed E-state index contributed by atoms with van der Waals surface area (Å²) < 4.78 is 27.4. The van der Waals surface area contributed by atoms with Crippen LogP contribution in [0.2, 0.25) is 0 Å². The SMILES string of the molecule is C=CCN(c1cc(C)ccc1C)S(=O)(=O)c1ccc(C)cc1. The summed E-state index contributed by atoms with van der Waals surface area (Å²) in [6.07, 6.45) is 1.60. The van der Waals surface area contributed by atoms with E-state index in [0.29, 0.717) is 10.6 Å². The molecule has 0 N–H and O–H groups in total. The Hall–Kier alpha value is -2.07. The molecule has 0 heterocycles. The molecule has 0 fully saturated rings. The van der Waals surface area contributed by atoms with Crippen LogP contribution in [0.1, 0.15) is 16.7 Å². The van der Waals surface area contributed by atoms with Crippen LogP contribution in [0.3, 0.4) is 0 Å². The van der Waals surface area contributed by atoms with Crippen molar-refractivity contribution in [2.24, 2.45) is 0 Å². The van der Waals surface area contributed by atoms with Gasteiger partial charge < -0.3 is 0 Å². The number of hydrogen-bond donors (Lipinski definition) is 0. The summed E-state index contributed by atoms with van der Waals surface area (Å²) in [6.45, 7) is 9.73. The van der Waals surface area contributed by atoms with Crippen LogP contribution in [0.5, 0.6) is 0 Å². The summed E-state index contributed by atoms with van der Waals surface area (Å²) in [5, 5.41) is 0. The van der Waals surface area contributed by atoms with Gasteiger partial charge in [0.1, 0.15) is 0 Å². The smallest absolute Gasteiger partial charge is 0.262 e. The summed E-state index contributed by atoms with van der Waals surface area (Å²) in [7, 11) is -3.61. The summed E-state index contributed by atoms with van der Waals surface area (Å²) in [5.41, 5.74) is 3.67. The van der Waals surface area contributed by atoms with Crippen LogP contribution in [-0.4, -0.2) is 15.0 Å². The Morgan fingerprint density at radius 1 is 1.00 bits per heavy atom. The zero-order valence-electron chi connectivity index (χ0n) is 13.2. The van der Waals surface area contributed by atoms with Crippen molar-refractivity contribution < 1.29 is 8.42 Å². The minimum atomic E-state index is -3.61. The highest BCUT2D eigenvalue weighted by atomic mass is 32.2. The van der Waals surface area contributed by atoms with Crippen molar-refractivity contribution in [1.29, 1.82) is 0 Å². The van der Waals surface area contributed by atoms with Crippen molar-refractivity contribution in [3.8, 4) is 0 Å². The molecule has 22 heavy (non-hydrogen) atoms. The Morgan fingerprint density at radius 2 is 1.59 bits per heavy atom. The van der Waals surface area contributed by atoms with Crippen molar-refractivity contribution in [1.82, 2.24) is 0 Å². The summed E-state index contributed by atoms with van der Waals surface area (Å²) in [6, 6.07) is 12.7. The highest BCUT2D eigenvalue weighted by molar-refractivity contribution is 7.92. The maximum absolute atomic E-state index is 13.0. The first kappa shape index (κ1) is 16.3. The van der Waals surface area contributed by atoms with Crippen LogP contribution in [-0.2, 0) is 10.0 Å². The zero-order chi connectivity index (χ0) is 16.3. The average Bonchev–Trinajstić information content (AvgIpc) is 2.48. The number of nitrogens with zero attached hydrogens (tertiary/aromatic N) is 1. The molecule has 0 aromatic heterocycles. The number of benzene rings is 2. The van der Waals surface area contributed by atoms with E-state index in [4.69, 9.17) is 0 Å². The second-order valence-electron chi connectivity index (χ2n) is 5.43. The Morgan fingerprint density at radius 3 is 2.18 bits per heavy atom. The number of hydrogen-bond acceptors (Lipinski definition) is 2. The first-order valence-electron chi connectivity index (χ1n) is 7.14. The molecule has 0 aliphatic rings. The highest BCUT2D eigenvalue weighted by Crippen LogP contribution is 2.27. The largest absolute Gasteiger partial charge is 0.264 e. The van der Waals surface area contributed by atoms with E-state index in [0.717, 1.165) is 16.7 Å². The topological polar surface area (TPSA) is 37.4 Å². The average molecular weight is 315 g/mol. The van der Waals surface area contributed by atoms with Gasteiger partial charge in [0.05, 0.1) is 17.1 Å². The second-order valence-corrected chi connectivity index (χ2v) is 7.29. The van der Waals surface area contributed by atoms with E-state index >= 15 is 0 Å². The monoisotopic (exact) mass is 315 g/mol. The predicted octanol–water partition coefficient (Wildman–Crippen LogP) is 3.99. The molecular formula is C18H21NO2S. The lowest BCUT2D eigenvalue weighted by molar-refractivity contribution is 0.592. The fourth-order valence-corrected chi connectivity index (χ4v) is 3.76. The first-order chi connectivity index (χ1) is 10.4. The maximum Gasteiger partial charge on any atom is 0.264 e. The molecule has 2 rings (SSSR count). The van der Waals surface area contributed by atoms with Gasteiger partial charge in [-0.25, -0.2) is 8.42 Å². The van der Waals surface area contributed by atoms with E-state index in [-0.39, 0.29) is 6.54 Å². The van der Waals surface area contributed by atoms with Crippen molar-refractivity contribution in [3.05, 3.63) is 71.8 Å². The molecule has 0 bridgehead atoms. The quantitative estimate of drug-likeness (QED) is 0.782. The van der Waals surface area contributed by atoms with Gasteiger partial charge >= 0.3 is 0 Å². The summed E-state index contributed by atoms with van der Waals surface area (Å²) in [4.78, 5) is 0.292. The third-order valence-electron chi connectivity index (χ3n) is 3.54. The highest BCUT2D eigenvalue weighted by Gasteiger charge is 2.25. The maximum atomic E-state index is 13.0. The molecule has 0 radical (unpaired) electrons. The normalized spacial score (nSPS) is 11.2. The molecule has 3 nitrogen and oxygen atoms in total. The van der Waals surface area contributed by atoms with Gasteiger partial charge in [0, 0.05) is 0 Å². The minimum Gasteiger partial charge on any atom is -0.262 e. The van der Waals surface area contributed by atoms with E-state index < -0.39 is 10.0 Å². The van der Waals surface area contributed by atoms with Crippen LogP contribution < -0.4 is 4.31 Å². The number of anilines is 1. The van der Waals surface area contributed by atoms with Crippen molar-refractivity contribution in [3.63, 3.8) is 0 Å².